The number of hydrogen-bond donors (Lipinski definition) is 0. The highest BCUT2D eigenvalue weighted by Gasteiger charge is 2.21. The lowest BCUT2D eigenvalue weighted by molar-refractivity contribution is -0.154. The van der Waals surface area contributed by atoms with Gasteiger partial charge in [0, 0.05) is 0 Å². The van der Waals surface area contributed by atoms with Gasteiger partial charge in [0.25, 0.3) is 0 Å². The molecule has 0 aliphatic carbocycles. The fourth-order valence-corrected chi connectivity index (χ4v) is 4.28. The third kappa shape index (κ3) is 10.7. The van der Waals surface area contributed by atoms with Gasteiger partial charge in [-0.05, 0) is 78.9 Å². The Labute approximate surface area is 259 Å². The van der Waals surface area contributed by atoms with Crippen molar-refractivity contribution >= 4 is 29.5 Å². The normalized spacial score (nSPS) is 12.2. The first kappa shape index (κ1) is 33.7. The lowest BCUT2D eigenvalue weighted by atomic mass is 10.0. The van der Waals surface area contributed by atoms with E-state index in [1.165, 1.54) is 50.5 Å². The Kier molecular flexibility index (Phi) is 13.6. The molecule has 0 bridgehead atoms. The van der Waals surface area contributed by atoms with E-state index >= 15 is 0 Å². The number of carbonyl (C=O) groups is 3. The summed E-state index contributed by atoms with van der Waals surface area (Å²) in [5, 5.41) is 0.540. The largest absolute Gasteiger partial charge is 0.492 e. The molecule has 0 aliphatic heterocycles. The molecule has 0 N–H and O–H groups in total. The summed E-state index contributed by atoms with van der Waals surface area (Å²) in [5.41, 5.74) is 2.38. The second-order valence-corrected chi connectivity index (χ2v) is 11.0. The summed E-state index contributed by atoms with van der Waals surface area (Å²) in [6.07, 6.45) is 5.67. The Morgan fingerprint density at radius 3 is 2.05 bits per heavy atom. The first-order chi connectivity index (χ1) is 20.7. The van der Waals surface area contributed by atoms with Crippen LogP contribution in [-0.2, 0) is 14.3 Å². The monoisotopic (exact) mass is 608 g/mol. The number of halogens is 1. The molecule has 2 atom stereocenters. The molecule has 0 amide bonds. The van der Waals surface area contributed by atoms with Gasteiger partial charge in [0.2, 0.25) is 0 Å². The van der Waals surface area contributed by atoms with Crippen LogP contribution in [0, 0.1) is 5.92 Å². The summed E-state index contributed by atoms with van der Waals surface area (Å²) in [7, 11) is 0. The van der Waals surface area contributed by atoms with Crippen LogP contribution in [0.4, 0.5) is 0 Å². The van der Waals surface area contributed by atoms with Crippen molar-refractivity contribution in [3.05, 3.63) is 82.9 Å². The molecule has 3 aromatic rings. The number of ether oxygens (including phenoxy) is 4. The standard InChI is InChI=1S/C35H41ClO7/c1-5-7-8-9-10-21-40-32-20-17-29(22-31(32)36)26-11-13-27(14-12-26)35(39)43-30-18-15-28(16-19-30)34(38)42-25(4)33(37)41-23-24(3)6-2/h11-20,22,24-25H,5-10,21,23H2,1-4H3/t24-,25-/m0/s1. The molecule has 0 aromatic heterocycles. The number of esters is 3. The van der Waals surface area contributed by atoms with Crippen LogP contribution >= 0.6 is 11.6 Å². The molecular formula is C35H41ClO7. The van der Waals surface area contributed by atoms with E-state index in [4.69, 9.17) is 30.5 Å². The van der Waals surface area contributed by atoms with Crippen LogP contribution in [0.2, 0.25) is 5.02 Å². The minimum absolute atomic E-state index is 0.216. The van der Waals surface area contributed by atoms with E-state index in [-0.39, 0.29) is 23.8 Å². The van der Waals surface area contributed by atoms with Gasteiger partial charge in [-0.25, -0.2) is 14.4 Å². The van der Waals surface area contributed by atoms with Crippen molar-refractivity contribution in [2.75, 3.05) is 13.2 Å². The maximum absolute atomic E-state index is 12.7. The molecule has 43 heavy (non-hydrogen) atoms. The van der Waals surface area contributed by atoms with Crippen LogP contribution in [0.1, 0.15) is 86.9 Å². The predicted molar refractivity (Wildman–Crippen MR) is 168 cm³/mol. The van der Waals surface area contributed by atoms with Crippen molar-refractivity contribution < 1.29 is 33.3 Å². The van der Waals surface area contributed by atoms with Gasteiger partial charge < -0.3 is 18.9 Å². The zero-order valence-corrected chi connectivity index (χ0v) is 26.2. The van der Waals surface area contributed by atoms with Gasteiger partial charge >= 0.3 is 17.9 Å². The van der Waals surface area contributed by atoms with E-state index < -0.39 is 24.0 Å². The highest BCUT2D eigenvalue weighted by atomic mass is 35.5. The SMILES string of the molecule is CCCCCCCOc1ccc(-c2ccc(C(=O)Oc3ccc(C(=O)O[C@@H](C)C(=O)OC[C@@H](C)CC)cc3)cc2)cc1Cl. The molecule has 3 aromatic carbocycles. The van der Waals surface area contributed by atoms with E-state index in [0.717, 1.165) is 30.4 Å². The van der Waals surface area contributed by atoms with E-state index in [0.29, 0.717) is 22.9 Å². The number of benzene rings is 3. The Morgan fingerprint density at radius 2 is 1.40 bits per heavy atom. The van der Waals surface area contributed by atoms with Crippen molar-refractivity contribution in [2.24, 2.45) is 5.92 Å². The minimum atomic E-state index is -1.04. The summed E-state index contributed by atoms with van der Waals surface area (Å²) in [5.74, 6) is -0.660. The van der Waals surface area contributed by atoms with Crippen LogP contribution in [0.3, 0.4) is 0 Å². The summed E-state index contributed by atoms with van der Waals surface area (Å²) in [4.78, 5) is 37.2. The zero-order valence-electron chi connectivity index (χ0n) is 25.4. The highest BCUT2D eigenvalue weighted by Crippen LogP contribution is 2.31. The molecule has 0 radical (unpaired) electrons. The average Bonchev–Trinajstić information content (AvgIpc) is 3.02. The van der Waals surface area contributed by atoms with Crippen molar-refractivity contribution in [3.8, 4) is 22.6 Å². The van der Waals surface area contributed by atoms with Gasteiger partial charge in [-0.15, -0.1) is 0 Å². The molecule has 7 nitrogen and oxygen atoms in total. The third-order valence-electron chi connectivity index (χ3n) is 7.01. The molecule has 0 aliphatic rings. The summed E-state index contributed by atoms with van der Waals surface area (Å²) in [6.45, 7) is 8.55. The predicted octanol–water partition coefficient (Wildman–Crippen LogP) is 8.71. The maximum Gasteiger partial charge on any atom is 0.347 e. The van der Waals surface area contributed by atoms with Gasteiger partial charge in [0.15, 0.2) is 6.10 Å². The summed E-state index contributed by atoms with van der Waals surface area (Å²) >= 11 is 6.46. The van der Waals surface area contributed by atoms with Gasteiger partial charge in [-0.2, -0.15) is 0 Å². The van der Waals surface area contributed by atoms with Crippen LogP contribution in [-0.4, -0.2) is 37.2 Å². The Bertz CT molecular complexity index is 1340. The van der Waals surface area contributed by atoms with Gasteiger partial charge in [0.05, 0.1) is 29.4 Å². The topological polar surface area (TPSA) is 88.1 Å². The van der Waals surface area contributed by atoms with Gasteiger partial charge in [-0.1, -0.05) is 82.7 Å². The molecule has 230 valence electrons. The first-order valence-corrected chi connectivity index (χ1v) is 15.3. The van der Waals surface area contributed by atoms with Crippen molar-refractivity contribution in [2.45, 2.75) is 72.3 Å². The van der Waals surface area contributed by atoms with Crippen LogP contribution < -0.4 is 9.47 Å². The maximum atomic E-state index is 12.7. The fraction of sp³-hybridized carbons (Fsp3) is 0.400. The number of unbranched alkanes of at least 4 members (excludes halogenated alkanes) is 4. The molecule has 0 fully saturated rings. The van der Waals surface area contributed by atoms with Crippen molar-refractivity contribution in [1.82, 2.24) is 0 Å². The minimum Gasteiger partial charge on any atom is -0.492 e. The first-order valence-electron chi connectivity index (χ1n) is 14.9. The molecule has 8 heteroatoms. The lowest BCUT2D eigenvalue weighted by Crippen LogP contribution is -2.27. The molecule has 3 rings (SSSR count). The quantitative estimate of drug-likeness (QED) is 0.0912. The second-order valence-electron chi connectivity index (χ2n) is 10.6. The molecular weight excluding hydrogens is 568 g/mol. The molecule has 0 unspecified atom stereocenters. The van der Waals surface area contributed by atoms with E-state index in [9.17, 15) is 14.4 Å². The number of carbonyl (C=O) groups excluding carboxylic acids is 3. The van der Waals surface area contributed by atoms with E-state index in [1.807, 2.05) is 44.2 Å². The van der Waals surface area contributed by atoms with Crippen LogP contribution in [0.5, 0.6) is 11.5 Å². The highest BCUT2D eigenvalue weighted by molar-refractivity contribution is 6.32. The van der Waals surface area contributed by atoms with Gasteiger partial charge in [-0.3, -0.25) is 0 Å². The Morgan fingerprint density at radius 1 is 0.767 bits per heavy atom. The van der Waals surface area contributed by atoms with E-state index in [1.54, 1.807) is 12.1 Å². The number of rotatable bonds is 16. The third-order valence-corrected chi connectivity index (χ3v) is 7.31. The summed E-state index contributed by atoms with van der Waals surface area (Å²) in [6, 6.07) is 18.6. The zero-order chi connectivity index (χ0) is 31.2. The van der Waals surface area contributed by atoms with Crippen LogP contribution in [0.25, 0.3) is 11.1 Å². The van der Waals surface area contributed by atoms with Crippen LogP contribution in [0.15, 0.2) is 66.7 Å². The Hall–Kier alpha value is -3.84. The van der Waals surface area contributed by atoms with Gasteiger partial charge in [0.1, 0.15) is 11.5 Å². The molecule has 0 saturated carbocycles. The summed E-state index contributed by atoms with van der Waals surface area (Å²) < 4.78 is 21.7. The second kappa shape index (κ2) is 17.3. The molecule has 0 heterocycles. The lowest BCUT2D eigenvalue weighted by Gasteiger charge is -2.15. The molecule has 0 saturated heterocycles. The van der Waals surface area contributed by atoms with Crippen molar-refractivity contribution in [3.63, 3.8) is 0 Å². The van der Waals surface area contributed by atoms with Crippen molar-refractivity contribution in [1.29, 1.82) is 0 Å². The average molecular weight is 609 g/mol. The van der Waals surface area contributed by atoms with E-state index in [2.05, 4.69) is 6.92 Å². The number of hydrogen-bond acceptors (Lipinski definition) is 7. The molecule has 0 spiro atoms. The smallest absolute Gasteiger partial charge is 0.347 e. The Balaban J connectivity index is 1.51. The fourth-order valence-electron chi connectivity index (χ4n) is 4.05.